The van der Waals surface area contributed by atoms with Crippen LogP contribution in [0.3, 0.4) is 0 Å². The molecule has 1 saturated heterocycles. The van der Waals surface area contributed by atoms with Crippen molar-refractivity contribution in [3.63, 3.8) is 0 Å². The number of rotatable bonds is 5. The number of thioether (sulfide) groups is 1. The molecule has 108 valence electrons. The van der Waals surface area contributed by atoms with Crippen LogP contribution in [-0.4, -0.2) is 46.7 Å². The van der Waals surface area contributed by atoms with E-state index in [1.54, 1.807) is 23.1 Å². The number of aryl methyl sites for hydroxylation is 1. The van der Waals surface area contributed by atoms with Crippen LogP contribution in [0.5, 0.6) is 0 Å². The van der Waals surface area contributed by atoms with Crippen molar-refractivity contribution in [2.24, 2.45) is 0 Å². The Balaban J connectivity index is 1.51. The highest BCUT2D eigenvalue weighted by atomic mass is 32.2. The van der Waals surface area contributed by atoms with Crippen molar-refractivity contribution in [3.8, 4) is 0 Å². The minimum absolute atomic E-state index is 0.213. The summed E-state index contributed by atoms with van der Waals surface area (Å²) >= 11 is 3.17. The third-order valence-electron chi connectivity index (χ3n) is 2.84. The van der Waals surface area contributed by atoms with E-state index in [1.165, 1.54) is 0 Å². The number of hydrogen-bond acceptors (Lipinski definition) is 8. The van der Waals surface area contributed by atoms with Crippen molar-refractivity contribution >= 4 is 23.1 Å². The Morgan fingerprint density at radius 1 is 1.50 bits per heavy atom. The van der Waals surface area contributed by atoms with Gasteiger partial charge in [0.2, 0.25) is 5.89 Å². The molecule has 0 aliphatic carbocycles. The Morgan fingerprint density at radius 2 is 2.45 bits per heavy atom. The fourth-order valence-electron chi connectivity index (χ4n) is 1.90. The summed E-state index contributed by atoms with van der Waals surface area (Å²) in [5.74, 6) is 1.44. The van der Waals surface area contributed by atoms with Gasteiger partial charge < -0.3 is 14.5 Å². The highest BCUT2D eigenvalue weighted by molar-refractivity contribution is 7.99. The molecule has 1 aliphatic rings. The van der Waals surface area contributed by atoms with Crippen molar-refractivity contribution in [1.29, 1.82) is 0 Å². The molecule has 0 spiro atoms. The van der Waals surface area contributed by atoms with E-state index in [2.05, 4.69) is 20.5 Å². The average molecular weight is 312 g/mol. The smallest absolute Gasteiger partial charge is 0.276 e. The first kappa shape index (κ1) is 14.0. The standard InChI is InChI=1S/C12H16N4O2S2/c1-8-14-9(6-19-8)4-11-15-16-12(18-11)20-7-10-5-13-2-3-17-10/h6,10,13H,2-5,7H2,1H3. The Morgan fingerprint density at radius 3 is 3.20 bits per heavy atom. The zero-order valence-electron chi connectivity index (χ0n) is 11.2. The quantitative estimate of drug-likeness (QED) is 0.839. The van der Waals surface area contributed by atoms with Crippen molar-refractivity contribution in [3.05, 3.63) is 22.0 Å². The summed E-state index contributed by atoms with van der Waals surface area (Å²) in [4.78, 5) is 4.39. The van der Waals surface area contributed by atoms with E-state index >= 15 is 0 Å². The van der Waals surface area contributed by atoms with Gasteiger partial charge >= 0.3 is 0 Å². The summed E-state index contributed by atoms with van der Waals surface area (Å²) < 4.78 is 11.2. The molecular weight excluding hydrogens is 296 g/mol. The van der Waals surface area contributed by atoms with Crippen LogP contribution in [0.1, 0.15) is 16.6 Å². The molecule has 0 radical (unpaired) electrons. The lowest BCUT2D eigenvalue weighted by atomic mass is 10.3. The number of ether oxygens (including phenoxy) is 1. The van der Waals surface area contributed by atoms with Crippen LogP contribution in [0.2, 0.25) is 0 Å². The predicted molar refractivity (Wildman–Crippen MR) is 77.3 cm³/mol. The third-order valence-corrected chi connectivity index (χ3v) is 4.62. The molecule has 0 bridgehead atoms. The van der Waals surface area contributed by atoms with Gasteiger partial charge in [-0.15, -0.1) is 21.5 Å². The van der Waals surface area contributed by atoms with Gasteiger partial charge in [-0.05, 0) is 6.92 Å². The van der Waals surface area contributed by atoms with Gasteiger partial charge in [-0.3, -0.25) is 0 Å². The molecule has 1 unspecified atom stereocenters. The normalized spacial score (nSPS) is 19.4. The van der Waals surface area contributed by atoms with Gasteiger partial charge in [-0.25, -0.2) is 4.98 Å². The number of thiazole rings is 1. The molecule has 3 rings (SSSR count). The highest BCUT2D eigenvalue weighted by Crippen LogP contribution is 2.20. The van der Waals surface area contributed by atoms with Gasteiger partial charge in [-0.1, -0.05) is 11.8 Å². The summed E-state index contributed by atoms with van der Waals surface area (Å²) in [6, 6.07) is 0. The predicted octanol–water partition coefficient (Wildman–Crippen LogP) is 1.51. The highest BCUT2D eigenvalue weighted by Gasteiger charge is 2.16. The lowest BCUT2D eigenvalue weighted by Crippen LogP contribution is -2.39. The first-order valence-corrected chi connectivity index (χ1v) is 8.34. The molecule has 3 heterocycles. The van der Waals surface area contributed by atoms with Gasteiger partial charge in [-0.2, -0.15) is 0 Å². The van der Waals surface area contributed by atoms with E-state index in [4.69, 9.17) is 9.15 Å². The van der Waals surface area contributed by atoms with Gasteiger partial charge in [0.05, 0.1) is 29.8 Å². The Labute approximate surface area is 125 Å². The van der Waals surface area contributed by atoms with Gasteiger partial charge in [0.15, 0.2) is 0 Å². The minimum atomic E-state index is 0.213. The summed E-state index contributed by atoms with van der Waals surface area (Å²) in [7, 11) is 0. The maximum absolute atomic E-state index is 5.62. The molecule has 2 aromatic heterocycles. The van der Waals surface area contributed by atoms with E-state index in [1.807, 2.05) is 12.3 Å². The molecule has 0 amide bonds. The van der Waals surface area contributed by atoms with Gasteiger partial charge in [0, 0.05) is 24.2 Å². The number of nitrogens with zero attached hydrogens (tertiary/aromatic N) is 3. The SMILES string of the molecule is Cc1nc(Cc2nnc(SCC3CNCCO3)o2)cs1. The lowest BCUT2D eigenvalue weighted by molar-refractivity contribution is 0.0439. The third kappa shape index (κ3) is 3.78. The number of hydrogen-bond donors (Lipinski definition) is 1. The average Bonchev–Trinajstić information content (AvgIpc) is 3.08. The summed E-state index contributed by atoms with van der Waals surface area (Å²) in [6.45, 7) is 4.57. The van der Waals surface area contributed by atoms with Crippen molar-refractivity contribution in [2.45, 2.75) is 24.7 Å². The molecule has 20 heavy (non-hydrogen) atoms. The second kappa shape index (κ2) is 6.66. The minimum Gasteiger partial charge on any atom is -0.416 e. The Hall–Kier alpha value is -0.960. The van der Waals surface area contributed by atoms with Crippen molar-refractivity contribution in [2.75, 3.05) is 25.4 Å². The first-order chi connectivity index (χ1) is 9.79. The molecule has 1 aliphatic heterocycles. The maximum atomic E-state index is 5.62. The van der Waals surface area contributed by atoms with Crippen LogP contribution in [-0.2, 0) is 11.2 Å². The first-order valence-electron chi connectivity index (χ1n) is 6.48. The van der Waals surface area contributed by atoms with E-state index in [0.29, 0.717) is 17.5 Å². The Bertz CT molecular complexity index is 551. The van der Waals surface area contributed by atoms with E-state index in [-0.39, 0.29) is 6.10 Å². The lowest BCUT2D eigenvalue weighted by Gasteiger charge is -2.22. The molecule has 6 nitrogen and oxygen atoms in total. The summed E-state index contributed by atoms with van der Waals surface area (Å²) in [5.41, 5.74) is 0.979. The van der Waals surface area contributed by atoms with Crippen LogP contribution < -0.4 is 5.32 Å². The molecule has 2 aromatic rings. The number of nitrogens with one attached hydrogen (secondary N) is 1. The summed E-state index contributed by atoms with van der Waals surface area (Å²) in [5, 5.41) is 15.1. The monoisotopic (exact) mass is 312 g/mol. The molecule has 0 aromatic carbocycles. The second-order valence-corrected chi connectivity index (χ2v) is 6.54. The van der Waals surface area contributed by atoms with Crippen LogP contribution >= 0.6 is 23.1 Å². The van der Waals surface area contributed by atoms with Crippen molar-refractivity contribution in [1.82, 2.24) is 20.5 Å². The summed E-state index contributed by atoms with van der Waals surface area (Å²) in [6.07, 6.45) is 0.810. The van der Waals surface area contributed by atoms with E-state index in [0.717, 1.165) is 36.2 Å². The van der Waals surface area contributed by atoms with Crippen LogP contribution in [0.15, 0.2) is 15.0 Å². The molecule has 1 fully saturated rings. The largest absolute Gasteiger partial charge is 0.416 e. The number of morpholine rings is 1. The van der Waals surface area contributed by atoms with E-state index < -0.39 is 0 Å². The zero-order valence-corrected chi connectivity index (χ0v) is 12.8. The van der Waals surface area contributed by atoms with Crippen LogP contribution in [0, 0.1) is 6.92 Å². The molecule has 0 saturated carbocycles. The topological polar surface area (TPSA) is 73.1 Å². The molecule has 8 heteroatoms. The maximum Gasteiger partial charge on any atom is 0.276 e. The van der Waals surface area contributed by atoms with Crippen LogP contribution in [0.4, 0.5) is 0 Å². The zero-order chi connectivity index (χ0) is 13.8. The number of aromatic nitrogens is 3. The molecule has 1 atom stereocenters. The van der Waals surface area contributed by atoms with Crippen molar-refractivity contribution < 1.29 is 9.15 Å². The Kier molecular flexibility index (Phi) is 4.66. The van der Waals surface area contributed by atoms with Crippen LogP contribution in [0.25, 0.3) is 0 Å². The second-order valence-electron chi connectivity index (χ2n) is 4.50. The van der Waals surface area contributed by atoms with Gasteiger partial charge in [0.25, 0.3) is 5.22 Å². The molecule has 1 N–H and O–H groups in total. The van der Waals surface area contributed by atoms with Gasteiger partial charge in [0.1, 0.15) is 0 Å². The molecular formula is C12H16N4O2S2. The van der Waals surface area contributed by atoms with E-state index in [9.17, 15) is 0 Å². The fourth-order valence-corrected chi connectivity index (χ4v) is 3.31. The fraction of sp³-hybridized carbons (Fsp3) is 0.583.